The first-order valence-corrected chi connectivity index (χ1v) is 12.2. The van der Waals surface area contributed by atoms with Gasteiger partial charge in [-0.1, -0.05) is 65.9 Å². The minimum Gasteiger partial charge on any atom is -0.493 e. The highest BCUT2D eigenvalue weighted by atomic mass is 35.5. The van der Waals surface area contributed by atoms with E-state index < -0.39 is 0 Å². The van der Waals surface area contributed by atoms with Gasteiger partial charge in [-0.2, -0.15) is 0 Å². The first-order valence-electron chi connectivity index (χ1n) is 10.6. The molecule has 0 saturated carbocycles. The molecule has 1 fully saturated rings. The zero-order valence-corrected chi connectivity index (χ0v) is 21.3. The van der Waals surface area contributed by atoms with Crippen LogP contribution in [0.2, 0.25) is 5.02 Å². The highest BCUT2D eigenvalue weighted by Gasteiger charge is 2.33. The quantitative estimate of drug-likeness (QED) is 0.298. The number of halogens is 1. The molecule has 3 aromatic rings. The normalized spacial score (nSPS) is 14.4. The SMILES string of the molecule is COc1cc(/C=C2/SC(=S)N(c3cccc(Cl)c3)C2=O)ccc1OCC(=O)Nc1ccccc1C. The van der Waals surface area contributed by atoms with Gasteiger partial charge >= 0.3 is 0 Å². The van der Waals surface area contributed by atoms with Gasteiger partial charge in [-0.15, -0.1) is 0 Å². The molecule has 1 heterocycles. The van der Waals surface area contributed by atoms with Crippen LogP contribution in [0.5, 0.6) is 11.5 Å². The lowest BCUT2D eigenvalue weighted by molar-refractivity contribution is -0.118. The summed E-state index contributed by atoms with van der Waals surface area (Å²) >= 11 is 12.7. The van der Waals surface area contributed by atoms with Gasteiger partial charge in [-0.25, -0.2) is 0 Å². The summed E-state index contributed by atoms with van der Waals surface area (Å²) in [5, 5.41) is 3.35. The Hall–Kier alpha value is -3.33. The summed E-state index contributed by atoms with van der Waals surface area (Å²) in [6.45, 7) is 1.74. The van der Waals surface area contributed by atoms with Crippen molar-refractivity contribution < 1.29 is 19.1 Å². The summed E-state index contributed by atoms with van der Waals surface area (Å²) in [6.07, 6.45) is 1.74. The summed E-state index contributed by atoms with van der Waals surface area (Å²) in [5.41, 5.74) is 3.04. The van der Waals surface area contributed by atoms with Crippen molar-refractivity contribution in [3.8, 4) is 11.5 Å². The second-order valence-corrected chi connectivity index (χ2v) is 9.67. The van der Waals surface area contributed by atoms with E-state index in [-0.39, 0.29) is 18.4 Å². The number of aryl methyl sites for hydroxylation is 1. The summed E-state index contributed by atoms with van der Waals surface area (Å²) in [4.78, 5) is 27.3. The third-order valence-corrected chi connectivity index (χ3v) is 6.66. The standard InChI is InChI=1S/C26H21ClN2O4S2/c1-16-6-3-4-9-20(16)28-24(30)15-33-21-11-10-17(12-22(21)32-2)13-23-25(31)29(26(34)35-23)19-8-5-7-18(27)14-19/h3-14H,15H2,1-2H3,(H,28,30)/b23-13+. The summed E-state index contributed by atoms with van der Waals surface area (Å²) in [5.74, 6) is 0.341. The number of carbonyl (C=O) groups is 2. The van der Waals surface area contributed by atoms with Crippen LogP contribution in [0.4, 0.5) is 11.4 Å². The second kappa shape index (κ2) is 10.9. The molecule has 4 rings (SSSR count). The molecule has 1 aliphatic heterocycles. The van der Waals surface area contributed by atoms with Crippen molar-refractivity contribution in [2.45, 2.75) is 6.92 Å². The highest BCUT2D eigenvalue weighted by Crippen LogP contribution is 2.37. The van der Waals surface area contributed by atoms with Crippen LogP contribution >= 0.6 is 35.6 Å². The molecular weight excluding hydrogens is 504 g/mol. The summed E-state index contributed by atoms with van der Waals surface area (Å²) < 4.78 is 11.5. The van der Waals surface area contributed by atoms with Gasteiger partial charge in [0.25, 0.3) is 11.8 Å². The first-order chi connectivity index (χ1) is 16.9. The Morgan fingerprint density at radius 2 is 1.91 bits per heavy atom. The van der Waals surface area contributed by atoms with E-state index in [4.69, 9.17) is 33.3 Å². The topological polar surface area (TPSA) is 67.9 Å². The number of thioether (sulfide) groups is 1. The van der Waals surface area contributed by atoms with Crippen molar-refractivity contribution in [3.63, 3.8) is 0 Å². The van der Waals surface area contributed by atoms with Gasteiger partial charge < -0.3 is 14.8 Å². The molecule has 6 nitrogen and oxygen atoms in total. The maximum Gasteiger partial charge on any atom is 0.270 e. The van der Waals surface area contributed by atoms with Crippen LogP contribution in [-0.4, -0.2) is 29.9 Å². The van der Waals surface area contributed by atoms with Crippen molar-refractivity contribution in [2.75, 3.05) is 23.9 Å². The maximum absolute atomic E-state index is 13.0. The number of rotatable bonds is 7. The van der Waals surface area contributed by atoms with Crippen molar-refractivity contribution in [3.05, 3.63) is 87.8 Å². The van der Waals surface area contributed by atoms with Crippen molar-refractivity contribution >= 4 is 69.2 Å². The first kappa shape index (κ1) is 24.8. The van der Waals surface area contributed by atoms with Crippen LogP contribution in [0.3, 0.4) is 0 Å². The highest BCUT2D eigenvalue weighted by molar-refractivity contribution is 8.27. The molecule has 178 valence electrons. The monoisotopic (exact) mass is 524 g/mol. The van der Waals surface area contributed by atoms with E-state index in [0.29, 0.717) is 31.4 Å². The molecule has 1 saturated heterocycles. The minimum absolute atomic E-state index is 0.178. The number of amides is 2. The van der Waals surface area contributed by atoms with Gasteiger partial charge in [0.1, 0.15) is 0 Å². The molecule has 1 N–H and O–H groups in total. The number of nitrogens with one attached hydrogen (secondary N) is 1. The lowest BCUT2D eigenvalue weighted by atomic mass is 10.1. The second-order valence-electron chi connectivity index (χ2n) is 7.56. The average Bonchev–Trinajstić information content (AvgIpc) is 3.12. The number of ether oxygens (including phenoxy) is 2. The lowest BCUT2D eigenvalue weighted by Crippen LogP contribution is -2.27. The minimum atomic E-state index is -0.282. The molecule has 0 atom stereocenters. The van der Waals surface area contributed by atoms with Gasteiger partial charge in [0.2, 0.25) is 0 Å². The van der Waals surface area contributed by atoms with Crippen LogP contribution in [0.25, 0.3) is 6.08 Å². The third-order valence-electron chi connectivity index (χ3n) is 5.12. The van der Waals surface area contributed by atoms with Crippen LogP contribution in [0.15, 0.2) is 71.6 Å². The van der Waals surface area contributed by atoms with Gasteiger partial charge in [0, 0.05) is 10.7 Å². The van der Waals surface area contributed by atoms with Crippen molar-refractivity contribution in [1.29, 1.82) is 0 Å². The van der Waals surface area contributed by atoms with E-state index in [9.17, 15) is 9.59 Å². The van der Waals surface area contributed by atoms with Crippen molar-refractivity contribution in [2.24, 2.45) is 0 Å². The number of thiocarbonyl (C=S) groups is 1. The number of benzene rings is 3. The summed E-state index contributed by atoms with van der Waals surface area (Å²) in [6, 6.07) is 19.7. The van der Waals surface area contributed by atoms with Crippen LogP contribution in [-0.2, 0) is 9.59 Å². The number of anilines is 2. The number of carbonyl (C=O) groups excluding carboxylic acids is 2. The third kappa shape index (κ3) is 5.85. The fourth-order valence-electron chi connectivity index (χ4n) is 3.39. The Morgan fingerprint density at radius 1 is 1.11 bits per heavy atom. The maximum atomic E-state index is 13.0. The van der Waals surface area contributed by atoms with Crippen LogP contribution in [0.1, 0.15) is 11.1 Å². The lowest BCUT2D eigenvalue weighted by Gasteiger charge is -2.14. The molecule has 3 aromatic carbocycles. The van der Waals surface area contributed by atoms with Crippen LogP contribution < -0.4 is 19.7 Å². The van der Waals surface area contributed by atoms with Gasteiger partial charge in [-0.3, -0.25) is 14.5 Å². The fraction of sp³-hybridized carbons (Fsp3) is 0.115. The Bertz CT molecular complexity index is 1340. The zero-order valence-electron chi connectivity index (χ0n) is 18.9. The number of methoxy groups -OCH3 is 1. The predicted octanol–water partition coefficient (Wildman–Crippen LogP) is 6.08. The van der Waals surface area contributed by atoms with Gasteiger partial charge in [-0.05, 0) is 60.5 Å². The Labute approximate surface area is 217 Å². The molecule has 1 aliphatic rings. The molecule has 0 aromatic heterocycles. The number of para-hydroxylation sites is 1. The van der Waals surface area contributed by atoms with Crippen LogP contribution in [0, 0.1) is 6.92 Å². The predicted molar refractivity (Wildman–Crippen MR) is 145 cm³/mol. The number of hydrogen-bond acceptors (Lipinski definition) is 6. The zero-order chi connectivity index (χ0) is 24.9. The fourth-order valence-corrected chi connectivity index (χ4v) is 4.88. The summed E-state index contributed by atoms with van der Waals surface area (Å²) in [7, 11) is 1.51. The molecule has 0 unspecified atom stereocenters. The number of nitrogens with zero attached hydrogens (tertiary/aromatic N) is 1. The van der Waals surface area contributed by atoms with Gasteiger partial charge in [0.15, 0.2) is 22.4 Å². The molecule has 0 radical (unpaired) electrons. The molecule has 2 amide bonds. The molecule has 9 heteroatoms. The van der Waals surface area contributed by atoms with E-state index in [2.05, 4.69) is 5.32 Å². The van der Waals surface area contributed by atoms with E-state index in [0.717, 1.165) is 16.8 Å². The molecule has 35 heavy (non-hydrogen) atoms. The largest absolute Gasteiger partial charge is 0.493 e. The Kier molecular flexibility index (Phi) is 7.75. The van der Waals surface area contributed by atoms with Gasteiger partial charge in [0.05, 0.1) is 17.7 Å². The van der Waals surface area contributed by atoms with Crippen molar-refractivity contribution in [1.82, 2.24) is 0 Å². The molecular formula is C26H21ClN2O4S2. The van der Waals surface area contributed by atoms with E-state index >= 15 is 0 Å². The number of hydrogen-bond donors (Lipinski definition) is 1. The molecule has 0 bridgehead atoms. The Morgan fingerprint density at radius 3 is 2.66 bits per heavy atom. The molecule has 0 aliphatic carbocycles. The Balaban J connectivity index is 1.46. The van der Waals surface area contributed by atoms with E-state index in [1.54, 1.807) is 48.5 Å². The van der Waals surface area contributed by atoms with E-state index in [1.807, 2.05) is 31.2 Å². The van der Waals surface area contributed by atoms with E-state index in [1.165, 1.54) is 23.8 Å². The molecule has 0 spiro atoms. The average molecular weight is 525 g/mol. The smallest absolute Gasteiger partial charge is 0.270 e.